The lowest BCUT2D eigenvalue weighted by molar-refractivity contribution is -0.147. The lowest BCUT2D eigenvalue weighted by Gasteiger charge is -2.41. The second-order valence-corrected chi connectivity index (χ2v) is 7.21. The summed E-state index contributed by atoms with van der Waals surface area (Å²) in [4.78, 5) is 15.7. The number of carbonyl (C=O) groups is 1. The molecule has 0 bridgehead atoms. The Morgan fingerprint density at radius 2 is 2.35 bits per heavy atom. The van der Waals surface area contributed by atoms with E-state index >= 15 is 0 Å². The van der Waals surface area contributed by atoms with Crippen LogP contribution in [0.1, 0.15) is 24.3 Å². The normalized spacial score (nSPS) is 24.4. The van der Waals surface area contributed by atoms with Crippen LogP contribution in [0, 0.1) is 11.8 Å². The van der Waals surface area contributed by atoms with E-state index in [2.05, 4.69) is 5.32 Å². The molecular formula is C16H25ClN2O3S. The summed E-state index contributed by atoms with van der Waals surface area (Å²) in [5.74, 6) is 0.692. The summed E-state index contributed by atoms with van der Waals surface area (Å²) in [5.41, 5.74) is 0. The van der Waals surface area contributed by atoms with Crippen LogP contribution >= 0.6 is 23.7 Å². The Hall–Kier alpha value is -0.660. The zero-order chi connectivity index (χ0) is 15.5. The number of aliphatic hydroxyl groups excluding tert-OH is 1. The zero-order valence-corrected chi connectivity index (χ0v) is 14.9. The number of nitrogens with one attached hydrogen (secondary N) is 1. The highest BCUT2D eigenvalue weighted by molar-refractivity contribution is 7.10. The summed E-state index contributed by atoms with van der Waals surface area (Å²) in [6, 6.07) is 3.84. The molecule has 1 amide bonds. The van der Waals surface area contributed by atoms with Crippen LogP contribution in [0.25, 0.3) is 0 Å². The average molecular weight is 361 g/mol. The molecule has 0 spiro atoms. The number of halogens is 1. The molecule has 3 unspecified atom stereocenters. The Morgan fingerprint density at radius 1 is 1.57 bits per heavy atom. The van der Waals surface area contributed by atoms with Gasteiger partial charge in [0.05, 0.1) is 25.4 Å². The minimum absolute atomic E-state index is 0. The van der Waals surface area contributed by atoms with Crippen molar-refractivity contribution in [3.05, 3.63) is 22.4 Å². The molecule has 1 aromatic rings. The van der Waals surface area contributed by atoms with Gasteiger partial charge in [-0.05, 0) is 30.5 Å². The van der Waals surface area contributed by atoms with Crippen LogP contribution in [0.5, 0.6) is 0 Å². The van der Waals surface area contributed by atoms with E-state index in [1.807, 2.05) is 29.3 Å². The first-order valence-electron chi connectivity index (χ1n) is 7.97. The standard InChI is InChI=1S/C16H24N2O3S.ClH/c1-11(12-8-17-9-12)16(20)18-4-5-21-10-13(18)7-14(19)15-3-2-6-22-15;/h2-3,6,11-14,17,19H,4-5,7-10H2,1H3;1H. The fraction of sp³-hybridized carbons (Fsp3) is 0.688. The van der Waals surface area contributed by atoms with Crippen molar-refractivity contribution in [1.82, 2.24) is 10.2 Å². The quantitative estimate of drug-likeness (QED) is 0.838. The van der Waals surface area contributed by atoms with Crippen molar-refractivity contribution in [2.75, 3.05) is 32.8 Å². The van der Waals surface area contributed by atoms with Crippen molar-refractivity contribution in [1.29, 1.82) is 0 Å². The summed E-state index contributed by atoms with van der Waals surface area (Å²) in [6.07, 6.45) is 0.0182. The van der Waals surface area contributed by atoms with Gasteiger partial charge in [-0.15, -0.1) is 23.7 Å². The van der Waals surface area contributed by atoms with Gasteiger partial charge in [-0.3, -0.25) is 4.79 Å². The third kappa shape index (κ3) is 4.25. The number of nitrogens with zero attached hydrogens (tertiary/aromatic N) is 1. The maximum Gasteiger partial charge on any atom is 0.226 e. The van der Waals surface area contributed by atoms with Crippen LogP contribution in [0.2, 0.25) is 0 Å². The third-order valence-corrected chi connectivity index (χ3v) is 5.76. The van der Waals surface area contributed by atoms with Gasteiger partial charge in [0.25, 0.3) is 0 Å². The van der Waals surface area contributed by atoms with Crippen LogP contribution in [0.3, 0.4) is 0 Å². The fourth-order valence-corrected chi connectivity index (χ4v) is 3.85. The molecule has 23 heavy (non-hydrogen) atoms. The first-order chi connectivity index (χ1) is 10.7. The maximum atomic E-state index is 12.8. The van der Waals surface area contributed by atoms with Crippen molar-refractivity contribution in [3.63, 3.8) is 0 Å². The number of hydrogen-bond acceptors (Lipinski definition) is 5. The molecule has 0 aromatic carbocycles. The number of amides is 1. The Labute approximate surface area is 147 Å². The van der Waals surface area contributed by atoms with Gasteiger partial charge < -0.3 is 20.1 Å². The Bertz CT molecular complexity index is 496. The Balaban J connectivity index is 0.00000192. The monoisotopic (exact) mass is 360 g/mol. The lowest BCUT2D eigenvalue weighted by atomic mass is 9.87. The van der Waals surface area contributed by atoms with Crippen molar-refractivity contribution in [2.45, 2.75) is 25.5 Å². The van der Waals surface area contributed by atoms with Crippen LogP contribution in [0.15, 0.2) is 17.5 Å². The molecule has 2 N–H and O–H groups in total. The molecule has 2 fully saturated rings. The Morgan fingerprint density at radius 3 is 2.96 bits per heavy atom. The summed E-state index contributed by atoms with van der Waals surface area (Å²) < 4.78 is 5.55. The fourth-order valence-electron chi connectivity index (χ4n) is 3.12. The predicted molar refractivity (Wildman–Crippen MR) is 93.0 cm³/mol. The maximum absolute atomic E-state index is 12.8. The number of hydrogen-bond donors (Lipinski definition) is 2. The summed E-state index contributed by atoms with van der Waals surface area (Å²) in [5, 5.41) is 15.6. The molecule has 2 aliphatic heterocycles. The van der Waals surface area contributed by atoms with E-state index in [-0.39, 0.29) is 30.3 Å². The minimum Gasteiger partial charge on any atom is -0.387 e. The first kappa shape index (κ1) is 18.7. The second kappa shape index (κ2) is 8.44. The molecule has 3 rings (SSSR count). The van der Waals surface area contributed by atoms with Crippen molar-refractivity contribution >= 4 is 29.7 Å². The van der Waals surface area contributed by atoms with Gasteiger partial charge in [-0.2, -0.15) is 0 Å². The number of rotatable bonds is 5. The van der Waals surface area contributed by atoms with Gasteiger partial charge >= 0.3 is 0 Å². The second-order valence-electron chi connectivity index (χ2n) is 6.23. The van der Waals surface area contributed by atoms with Crippen LogP contribution in [-0.4, -0.2) is 54.8 Å². The van der Waals surface area contributed by atoms with Gasteiger partial charge in [-0.1, -0.05) is 13.0 Å². The van der Waals surface area contributed by atoms with Crippen molar-refractivity contribution in [2.24, 2.45) is 11.8 Å². The summed E-state index contributed by atoms with van der Waals surface area (Å²) in [6.45, 7) is 5.62. The molecule has 3 atom stereocenters. The molecule has 2 aliphatic rings. The van der Waals surface area contributed by atoms with Gasteiger partial charge in [0, 0.05) is 23.8 Å². The van der Waals surface area contributed by atoms with Crippen LogP contribution in [-0.2, 0) is 9.53 Å². The molecule has 0 radical (unpaired) electrons. The van der Waals surface area contributed by atoms with E-state index in [1.165, 1.54) is 0 Å². The number of aliphatic hydroxyl groups is 1. The predicted octanol–water partition coefficient (Wildman–Crippen LogP) is 1.68. The molecule has 1 aromatic heterocycles. The minimum atomic E-state index is -0.525. The zero-order valence-electron chi connectivity index (χ0n) is 13.3. The number of ether oxygens (including phenoxy) is 1. The van der Waals surface area contributed by atoms with E-state index in [1.54, 1.807) is 11.3 Å². The van der Waals surface area contributed by atoms with E-state index in [0.717, 1.165) is 18.0 Å². The van der Waals surface area contributed by atoms with E-state index in [0.29, 0.717) is 32.1 Å². The largest absolute Gasteiger partial charge is 0.387 e. The average Bonchev–Trinajstić information content (AvgIpc) is 2.99. The number of morpholine rings is 1. The summed E-state index contributed by atoms with van der Waals surface area (Å²) in [7, 11) is 0. The van der Waals surface area contributed by atoms with Gasteiger partial charge in [0.15, 0.2) is 0 Å². The first-order valence-corrected chi connectivity index (χ1v) is 8.85. The van der Waals surface area contributed by atoms with E-state index in [9.17, 15) is 9.90 Å². The topological polar surface area (TPSA) is 61.8 Å². The molecule has 130 valence electrons. The van der Waals surface area contributed by atoms with E-state index in [4.69, 9.17) is 4.74 Å². The lowest BCUT2D eigenvalue weighted by Crippen LogP contribution is -2.55. The molecule has 2 saturated heterocycles. The highest BCUT2D eigenvalue weighted by Crippen LogP contribution is 2.28. The number of thiophene rings is 1. The molecule has 7 heteroatoms. The third-order valence-electron chi connectivity index (χ3n) is 4.79. The van der Waals surface area contributed by atoms with Gasteiger partial charge in [-0.25, -0.2) is 0 Å². The molecule has 0 aliphatic carbocycles. The van der Waals surface area contributed by atoms with Crippen LogP contribution in [0.4, 0.5) is 0 Å². The number of carbonyl (C=O) groups excluding carboxylic acids is 1. The SMILES string of the molecule is CC(C(=O)N1CCOCC1CC(O)c1cccs1)C1CNC1.Cl. The van der Waals surface area contributed by atoms with Gasteiger partial charge in [0.1, 0.15) is 0 Å². The van der Waals surface area contributed by atoms with Gasteiger partial charge in [0.2, 0.25) is 5.91 Å². The molecule has 5 nitrogen and oxygen atoms in total. The smallest absolute Gasteiger partial charge is 0.226 e. The van der Waals surface area contributed by atoms with E-state index < -0.39 is 6.10 Å². The van der Waals surface area contributed by atoms with Crippen molar-refractivity contribution in [3.8, 4) is 0 Å². The highest BCUT2D eigenvalue weighted by atomic mass is 35.5. The highest BCUT2D eigenvalue weighted by Gasteiger charge is 2.36. The Kier molecular flexibility index (Phi) is 6.85. The van der Waals surface area contributed by atoms with Crippen molar-refractivity contribution < 1.29 is 14.6 Å². The molecular weight excluding hydrogens is 336 g/mol. The van der Waals surface area contributed by atoms with Crippen LogP contribution < -0.4 is 5.32 Å². The molecule has 3 heterocycles. The summed E-state index contributed by atoms with van der Waals surface area (Å²) >= 11 is 1.55. The molecule has 0 saturated carbocycles.